The highest BCUT2D eigenvalue weighted by atomic mass is 35.5. The van der Waals surface area contributed by atoms with E-state index in [1.165, 1.54) is 4.31 Å². The smallest absolute Gasteiger partial charge is 0.227 e. The van der Waals surface area contributed by atoms with E-state index in [-0.39, 0.29) is 17.6 Å². The molecule has 0 spiro atoms. The van der Waals surface area contributed by atoms with Crippen LogP contribution in [0.5, 0.6) is 0 Å². The van der Waals surface area contributed by atoms with E-state index in [0.717, 1.165) is 16.3 Å². The molecule has 8 heteroatoms. The van der Waals surface area contributed by atoms with Crippen LogP contribution in [0, 0.1) is 5.92 Å². The van der Waals surface area contributed by atoms with E-state index >= 15 is 0 Å². The van der Waals surface area contributed by atoms with Crippen molar-refractivity contribution in [3.05, 3.63) is 59.1 Å². The summed E-state index contributed by atoms with van der Waals surface area (Å²) in [4.78, 5) is 13.8. The Balaban J connectivity index is 1.59. The van der Waals surface area contributed by atoms with Crippen molar-refractivity contribution in [2.45, 2.75) is 30.4 Å². The Morgan fingerprint density at radius 3 is 2.48 bits per heavy atom. The molecule has 1 amide bonds. The lowest BCUT2D eigenvalue weighted by Gasteiger charge is -2.30. The summed E-state index contributed by atoms with van der Waals surface area (Å²) in [7, 11) is -3.47. The summed E-state index contributed by atoms with van der Waals surface area (Å²) >= 11 is 7.79. The number of sulfonamides is 1. The van der Waals surface area contributed by atoms with Gasteiger partial charge in [-0.05, 0) is 42.4 Å². The van der Waals surface area contributed by atoms with E-state index in [1.54, 1.807) is 36.0 Å². The average molecular weight is 453 g/mol. The number of carbonyl (C=O) groups is 1. The van der Waals surface area contributed by atoms with Crippen LogP contribution in [0.25, 0.3) is 0 Å². The minimum absolute atomic E-state index is 0.0442. The van der Waals surface area contributed by atoms with Gasteiger partial charge in [0.15, 0.2) is 0 Å². The molecule has 5 nitrogen and oxygen atoms in total. The number of thioether (sulfide) groups is 1. The second kappa shape index (κ2) is 9.98. The lowest BCUT2D eigenvalue weighted by molar-refractivity contribution is -0.120. The Bertz CT molecular complexity index is 958. The topological polar surface area (TPSA) is 66.5 Å². The van der Waals surface area contributed by atoms with Crippen LogP contribution in [0.2, 0.25) is 5.02 Å². The monoisotopic (exact) mass is 452 g/mol. The lowest BCUT2D eigenvalue weighted by atomic mass is 9.97. The highest BCUT2D eigenvalue weighted by Crippen LogP contribution is 2.29. The number of nitrogens with one attached hydrogen (secondary N) is 1. The molecule has 1 fully saturated rings. The molecular weight excluding hydrogens is 428 g/mol. The molecule has 0 unspecified atom stereocenters. The number of piperidine rings is 1. The lowest BCUT2D eigenvalue weighted by Crippen LogP contribution is -2.41. The average Bonchev–Trinajstić information content (AvgIpc) is 2.71. The summed E-state index contributed by atoms with van der Waals surface area (Å²) in [6.07, 6.45) is 1.02. The van der Waals surface area contributed by atoms with Gasteiger partial charge in [0.25, 0.3) is 0 Å². The maximum absolute atomic E-state index is 12.8. The zero-order valence-corrected chi connectivity index (χ0v) is 18.7. The van der Waals surface area contributed by atoms with Crippen LogP contribution >= 0.6 is 23.4 Å². The third-order valence-corrected chi connectivity index (χ3v) is 8.11. The molecule has 2 aromatic rings. The van der Waals surface area contributed by atoms with Crippen LogP contribution in [0.3, 0.4) is 0 Å². The molecular formula is C21H25ClN2O3S2. The summed E-state index contributed by atoms with van der Waals surface area (Å²) in [5, 5.41) is 3.47. The fourth-order valence-corrected chi connectivity index (χ4v) is 6.02. The van der Waals surface area contributed by atoms with Gasteiger partial charge in [-0.25, -0.2) is 12.7 Å². The first-order valence-corrected chi connectivity index (χ1v) is 12.6. The second-order valence-electron chi connectivity index (χ2n) is 6.94. The normalized spacial score (nSPS) is 15.9. The molecule has 0 aromatic heterocycles. The minimum atomic E-state index is -3.47. The highest BCUT2D eigenvalue weighted by molar-refractivity contribution is 7.99. The van der Waals surface area contributed by atoms with E-state index < -0.39 is 10.0 Å². The van der Waals surface area contributed by atoms with Crippen LogP contribution in [-0.2, 0) is 20.6 Å². The van der Waals surface area contributed by atoms with Gasteiger partial charge in [-0.2, -0.15) is 0 Å². The minimum Gasteiger partial charge on any atom is -0.325 e. The third kappa shape index (κ3) is 5.75. The van der Waals surface area contributed by atoms with E-state index in [1.807, 2.05) is 24.3 Å². The first-order valence-electron chi connectivity index (χ1n) is 9.64. The molecule has 1 aliphatic heterocycles. The first kappa shape index (κ1) is 22.2. The molecule has 156 valence electrons. The quantitative estimate of drug-likeness (QED) is 0.622. The van der Waals surface area contributed by atoms with E-state index in [4.69, 9.17) is 11.6 Å². The molecule has 0 atom stereocenters. The van der Waals surface area contributed by atoms with Crippen LogP contribution in [0.15, 0.2) is 53.4 Å². The van der Waals surface area contributed by atoms with Crippen LogP contribution < -0.4 is 5.32 Å². The number of benzene rings is 2. The Hall–Kier alpha value is -1.54. The number of amides is 1. The first-order chi connectivity index (χ1) is 13.9. The van der Waals surface area contributed by atoms with Gasteiger partial charge in [-0.15, -0.1) is 11.8 Å². The third-order valence-electron chi connectivity index (χ3n) is 4.96. The SMILES string of the molecule is CCSc1ccccc1NC(=O)C1CCN(S(=O)(=O)Cc2ccccc2Cl)CC1. The van der Waals surface area contributed by atoms with Crippen molar-refractivity contribution in [3.63, 3.8) is 0 Å². The number of hydrogen-bond acceptors (Lipinski definition) is 4. The predicted octanol–water partition coefficient (Wildman–Crippen LogP) is 4.63. The Morgan fingerprint density at radius 2 is 1.79 bits per heavy atom. The van der Waals surface area contributed by atoms with Gasteiger partial charge in [0.1, 0.15) is 0 Å². The fraction of sp³-hybridized carbons (Fsp3) is 0.381. The van der Waals surface area contributed by atoms with Gasteiger partial charge >= 0.3 is 0 Å². The van der Waals surface area contributed by atoms with E-state index in [2.05, 4.69) is 12.2 Å². The van der Waals surface area contributed by atoms with Crippen LogP contribution in [-0.4, -0.2) is 37.5 Å². The van der Waals surface area contributed by atoms with Gasteiger partial charge in [-0.3, -0.25) is 4.79 Å². The van der Waals surface area contributed by atoms with E-state index in [0.29, 0.717) is 36.5 Å². The number of rotatable bonds is 7. The zero-order chi connectivity index (χ0) is 20.9. The van der Waals surface area contributed by atoms with Crippen molar-refractivity contribution >= 4 is 45.0 Å². The summed E-state index contributed by atoms with van der Waals surface area (Å²) in [5.74, 6) is 0.568. The number of anilines is 1. The molecule has 0 aliphatic carbocycles. The molecule has 0 radical (unpaired) electrons. The molecule has 1 saturated heterocycles. The molecule has 1 heterocycles. The van der Waals surface area contributed by atoms with Gasteiger partial charge in [0.05, 0.1) is 11.4 Å². The summed E-state index contributed by atoms with van der Waals surface area (Å²) in [5.41, 5.74) is 1.41. The van der Waals surface area contributed by atoms with Crippen molar-refractivity contribution in [2.75, 3.05) is 24.2 Å². The van der Waals surface area contributed by atoms with Crippen molar-refractivity contribution in [1.29, 1.82) is 0 Å². The Kier molecular flexibility index (Phi) is 7.62. The molecule has 2 aromatic carbocycles. The Morgan fingerprint density at radius 1 is 1.14 bits per heavy atom. The van der Waals surface area contributed by atoms with Gasteiger partial charge < -0.3 is 5.32 Å². The van der Waals surface area contributed by atoms with Crippen molar-refractivity contribution in [1.82, 2.24) is 4.31 Å². The number of nitrogens with zero attached hydrogens (tertiary/aromatic N) is 1. The molecule has 0 saturated carbocycles. The van der Waals surface area contributed by atoms with Gasteiger partial charge in [0.2, 0.25) is 15.9 Å². The number of para-hydroxylation sites is 1. The van der Waals surface area contributed by atoms with E-state index in [9.17, 15) is 13.2 Å². The van der Waals surface area contributed by atoms with Crippen molar-refractivity contribution in [3.8, 4) is 0 Å². The maximum Gasteiger partial charge on any atom is 0.227 e. The zero-order valence-electron chi connectivity index (χ0n) is 16.3. The summed E-state index contributed by atoms with van der Waals surface area (Å²) < 4.78 is 27.0. The van der Waals surface area contributed by atoms with Crippen molar-refractivity contribution in [2.24, 2.45) is 5.92 Å². The van der Waals surface area contributed by atoms with Crippen LogP contribution in [0.4, 0.5) is 5.69 Å². The summed E-state index contributed by atoms with van der Waals surface area (Å²) in [6, 6.07) is 14.7. The van der Waals surface area contributed by atoms with Crippen molar-refractivity contribution < 1.29 is 13.2 Å². The number of carbonyl (C=O) groups excluding carboxylic acids is 1. The highest BCUT2D eigenvalue weighted by Gasteiger charge is 2.31. The predicted molar refractivity (Wildman–Crippen MR) is 120 cm³/mol. The molecule has 1 N–H and O–H groups in total. The Labute approximate surface area is 181 Å². The number of hydrogen-bond donors (Lipinski definition) is 1. The van der Waals surface area contributed by atoms with Gasteiger partial charge in [-0.1, -0.05) is 48.9 Å². The molecule has 29 heavy (non-hydrogen) atoms. The molecule has 3 rings (SSSR count). The fourth-order valence-electron chi connectivity index (χ4n) is 3.39. The second-order valence-corrected chi connectivity index (χ2v) is 10.6. The largest absolute Gasteiger partial charge is 0.325 e. The van der Waals surface area contributed by atoms with Gasteiger partial charge in [0, 0.05) is 28.9 Å². The maximum atomic E-state index is 12.8. The van der Waals surface area contributed by atoms with Crippen LogP contribution in [0.1, 0.15) is 25.3 Å². The standard InChI is InChI=1S/C21H25ClN2O3S2/c1-2-28-20-10-6-5-9-19(20)23-21(25)16-11-13-24(14-12-16)29(26,27)15-17-7-3-4-8-18(17)22/h3-10,16H,2,11-15H2,1H3,(H,23,25). The molecule has 1 aliphatic rings. The molecule has 0 bridgehead atoms. The summed E-state index contributed by atoms with van der Waals surface area (Å²) in [6.45, 7) is 2.76. The number of halogens is 1.